The van der Waals surface area contributed by atoms with Crippen LogP contribution in [-0.2, 0) is 18.4 Å². The molecule has 0 saturated heterocycles. The lowest BCUT2D eigenvalue weighted by Crippen LogP contribution is -2.64. The van der Waals surface area contributed by atoms with Gasteiger partial charge in [0.05, 0.1) is 18.8 Å². The summed E-state index contributed by atoms with van der Waals surface area (Å²) in [5.41, 5.74) is 0. The maximum Gasteiger partial charge on any atom is 0.472 e. The molecule has 0 aromatic rings. The fraction of sp³-hybridized carbons (Fsp3) is 0.974. The molecule has 13 heteroatoms. The van der Waals surface area contributed by atoms with Crippen LogP contribution < -0.4 is 5.32 Å². The van der Waals surface area contributed by atoms with Gasteiger partial charge < -0.3 is 40.8 Å². The highest BCUT2D eigenvalue weighted by atomic mass is 31.2. The van der Waals surface area contributed by atoms with E-state index in [2.05, 4.69) is 19.2 Å². The van der Waals surface area contributed by atoms with Gasteiger partial charge in [-0.3, -0.25) is 13.8 Å². The van der Waals surface area contributed by atoms with Gasteiger partial charge in [0.15, 0.2) is 0 Å². The number of hydrogen-bond acceptors (Lipinski definition) is 10. The smallest absolute Gasteiger partial charge is 0.391 e. The van der Waals surface area contributed by atoms with E-state index >= 15 is 0 Å². The van der Waals surface area contributed by atoms with Gasteiger partial charge in [0.25, 0.3) is 0 Å². The molecule has 0 aliphatic heterocycles. The predicted molar refractivity (Wildman–Crippen MR) is 200 cm³/mol. The van der Waals surface area contributed by atoms with E-state index in [0.717, 1.165) is 38.5 Å². The number of hydrogen-bond donors (Lipinski definition) is 8. The van der Waals surface area contributed by atoms with Crippen molar-refractivity contribution in [1.82, 2.24) is 5.32 Å². The quantitative estimate of drug-likeness (QED) is 0.0274. The fourth-order valence-corrected chi connectivity index (χ4v) is 7.70. The Bertz CT molecular complexity index is 884. The third-order valence-electron chi connectivity index (χ3n) is 10.2. The number of amides is 1. The van der Waals surface area contributed by atoms with Crippen molar-refractivity contribution in [3.05, 3.63) is 0 Å². The molecule has 1 fully saturated rings. The summed E-state index contributed by atoms with van der Waals surface area (Å²) in [6.45, 7) is 3.84. The summed E-state index contributed by atoms with van der Waals surface area (Å²) in [6, 6.07) is -1.02. The summed E-state index contributed by atoms with van der Waals surface area (Å²) in [4.78, 5) is 23.2. The molecule has 1 rings (SSSR count). The number of phosphoric acid groups is 1. The Morgan fingerprint density at radius 2 is 0.941 bits per heavy atom. The number of carbonyl (C=O) groups excluding carboxylic acids is 1. The Balaban J connectivity index is 2.50. The van der Waals surface area contributed by atoms with Crippen molar-refractivity contribution in [2.45, 2.75) is 230 Å². The Morgan fingerprint density at radius 3 is 1.35 bits per heavy atom. The van der Waals surface area contributed by atoms with Crippen LogP contribution >= 0.6 is 7.82 Å². The van der Waals surface area contributed by atoms with Crippen molar-refractivity contribution >= 4 is 13.7 Å². The van der Waals surface area contributed by atoms with Gasteiger partial charge in [-0.05, 0) is 12.8 Å². The topological polar surface area (TPSA) is 206 Å². The highest BCUT2D eigenvalue weighted by molar-refractivity contribution is 7.47. The largest absolute Gasteiger partial charge is 0.472 e. The van der Waals surface area contributed by atoms with Gasteiger partial charge in [-0.15, -0.1) is 0 Å². The molecule has 0 spiro atoms. The molecule has 0 bridgehead atoms. The standard InChI is InChI=1S/C38H76NO11P/c1-3-5-7-9-11-13-14-15-16-17-18-20-22-24-26-28-32(41)39-30(31(40)27-25-23-21-19-12-10-8-6-4-2)29-49-51(47,48)50-38-36(45)34(43)33(42)35(44)37(38)46/h30-31,33-38,40,42-46H,3-29H2,1-2H3,(H,39,41)(H,47,48)/t30-,31+,33?,34+,35?,36?,37?,38?/m0/s1. The molecule has 1 amide bonds. The van der Waals surface area contributed by atoms with E-state index in [4.69, 9.17) is 9.05 Å². The van der Waals surface area contributed by atoms with Crippen molar-refractivity contribution < 1.29 is 53.9 Å². The third kappa shape index (κ3) is 22.3. The number of nitrogens with one attached hydrogen (secondary N) is 1. The maximum absolute atomic E-state index is 12.9. The molecule has 0 aromatic carbocycles. The second-order valence-corrected chi connectivity index (χ2v) is 16.3. The molecule has 304 valence electrons. The fourth-order valence-electron chi connectivity index (χ4n) is 6.73. The summed E-state index contributed by atoms with van der Waals surface area (Å²) >= 11 is 0. The van der Waals surface area contributed by atoms with Crippen molar-refractivity contribution in [3.63, 3.8) is 0 Å². The minimum atomic E-state index is -5.04. The van der Waals surface area contributed by atoms with Gasteiger partial charge in [-0.1, -0.05) is 162 Å². The maximum atomic E-state index is 12.9. The van der Waals surface area contributed by atoms with Crippen LogP contribution in [0.4, 0.5) is 0 Å². The van der Waals surface area contributed by atoms with Gasteiger partial charge in [-0.2, -0.15) is 0 Å². The first-order valence-electron chi connectivity index (χ1n) is 20.5. The molecule has 9 atom stereocenters. The summed E-state index contributed by atoms with van der Waals surface area (Å²) in [5, 5.41) is 63.8. The highest BCUT2D eigenvalue weighted by Crippen LogP contribution is 2.47. The molecular formula is C38H76NO11P. The zero-order valence-electron chi connectivity index (χ0n) is 31.9. The van der Waals surface area contributed by atoms with Gasteiger partial charge >= 0.3 is 7.82 Å². The number of aliphatic hydroxyl groups is 6. The van der Waals surface area contributed by atoms with Crippen LogP contribution in [0, 0.1) is 0 Å². The van der Waals surface area contributed by atoms with E-state index in [-0.39, 0.29) is 12.3 Å². The molecular weight excluding hydrogens is 677 g/mol. The summed E-state index contributed by atoms with van der Waals surface area (Å²) in [6.07, 6.45) is 15.9. The highest BCUT2D eigenvalue weighted by Gasteiger charge is 2.51. The molecule has 0 aromatic heterocycles. The van der Waals surface area contributed by atoms with E-state index in [1.54, 1.807) is 0 Å². The monoisotopic (exact) mass is 754 g/mol. The van der Waals surface area contributed by atoms with Crippen LogP contribution in [0.15, 0.2) is 0 Å². The van der Waals surface area contributed by atoms with E-state index in [1.807, 2.05) is 0 Å². The lowest BCUT2D eigenvalue weighted by atomic mass is 9.85. The lowest BCUT2D eigenvalue weighted by Gasteiger charge is -2.41. The first kappa shape index (κ1) is 48.4. The lowest BCUT2D eigenvalue weighted by molar-refractivity contribution is -0.220. The normalized spacial score (nSPS) is 24.6. The molecule has 51 heavy (non-hydrogen) atoms. The number of unbranched alkanes of at least 4 members (excludes halogenated alkanes) is 22. The van der Waals surface area contributed by atoms with Crippen molar-refractivity contribution in [1.29, 1.82) is 0 Å². The minimum absolute atomic E-state index is 0.241. The first-order valence-corrected chi connectivity index (χ1v) is 22.0. The van der Waals surface area contributed by atoms with Crippen LogP contribution in [-0.4, -0.2) is 96.8 Å². The third-order valence-corrected chi connectivity index (χ3v) is 11.2. The molecule has 0 heterocycles. The number of carbonyl (C=O) groups is 1. The molecule has 1 aliphatic rings. The number of aliphatic hydroxyl groups excluding tert-OH is 6. The molecule has 8 N–H and O–H groups in total. The predicted octanol–water partition coefficient (Wildman–Crippen LogP) is 6.33. The van der Waals surface area contributed by atoms with Gasteiger partial charge in [0, 0.05) is 6.42 Å². The number of phosphoric ester groups is 1. The van der Waals surface area contributed by atoms with Crippen molar-refractivity contribution in [2.24, 2.45) is 0 Å². The Morgan fingerprint density at radius 1 is 0.588 bits per heavy atom. The van der Waals surface area contributed by atoms with Crippen molar-refractivity contribution in [3.8, 4) is 0 Å². The van der Waals surface area contributed by atoms with Gasteiger partial charge in [0.1, 0.15) is 36.6 Å². The van der Waals surface area contributed by atoms with Crippen LogP contribution in [0.25, 0.3) is 0 Å². The van der Waals surface area contributed by atoms with Crippen LogP contribution in [0.1, 0.15) is 181 Å². The second-order valence-electron chi connectivity index (χ2n) is 14.8. The van der Waals surface area contributed by atoms with Gasteiger partial charge in [0.2, 0.25) is 5.91 Å². The van der Waals surface area contributed by atoms with E-state index in [9.17, 15) is 44.9 Å². The molecule has 1 aliphatic carbocycles. The Kier molecular flexibility index (Phi) is 28.1. The number of rotatable bonds is 33. The van der Waals surface area contributed by atoms with E-state index < -0.39 is 63.2 Å². The van der Waals surface area contributed by atoms with Crippen LogP contribution in [0.2, 0.25) is 0 Å². The molecule has 6 unspecified atom stereocenters. The van der Waals surface area contributed by atoms with Crippen molar-refractivity contribution in [2.75, 3.05) is 6.61 Å². The SMILES string of the molecule is CCCCCCCCCCCCCCCCCC(=O)N[C@@H](COP(=O)(O)OC1C(O)C(O)C(O)[C@@H](O)C1O)[C@H](O)CCCCCCCCCCC. The van der Waals surface area contributed by atoms with E-state index in [1.165, 1.54) is 103 Å². The van der Waals surface area contributed by atoms with Crippen LogP contribution in [0.5, 0.6) is 0 Å². The van der Waals surface area contributed by atoms with Gasteiger partial charge in [-0.25, -0.2) is 4.57 Å². The average Bonchev–Trinajstić information content (AvgIpc) is 3.11. The Labute approximate surface area is 308 Å². The first-order chi connectivity index (χ1) is 24.4. The second kappa shape index (κ2) is 29.7. The van der Waals surface area contributed by atoms with E-state index in [0.29, 0.717) is 19.3 Å². The van der Waals surface area contributed by atoms with Crippen LogP contribution in [0.3, 0.4) is 0 Å². The zero-order valence-corrected chi connectivity index (χ0v) is 32.8. The Hall–Kier alpha value is -0.660. The summed E-state index contributed by atoms with van der Waals surface area (Å²) < 4.78 is 22.8. The molecule has 0 radical (unpaired) electrons. The molecule has 1 saturated carbocycles. The molecule has 12 nitrogen and oxygen atoms in total. The summed E-state index contributed by atoms with van der Waals surface area (Å²) in [7, 11) is -5.04. The minimum Gasteiger partial charge on any atom is -0.391 e. The summed E-state index contributed by atoms with van der Waals surface area (Å²) in [5.74, 6) is -0.309. The average molecular weight is 754 g/mol. The zero-order chi connectivity index (χ0) is 37.9.